The third-order valence-electron chi connectivity index (χ3n) is 2.13. The lowest BCUT2D eigenvalue weighted by atomic mass is 10.2. The standard InChI is InChI=1S/C9H17N3O/c1-10-8(7-13-3)6-9-11-4-5-12(9)2/h4-5,8,10H,6-7H2,1-3H3. The number of imidazole rings is 1. The highest BCUT2D eigenvalue weighted by Gasteiger charge is 2.09. The number of nitrogens with one attached hydrogen (secondary N) is 1. The van der Waals surface area contributed by atoms with Crippen LogP contribution >= 0.6 is 0 Å². The summed E-state index contributed by atoms with van der Waals surface area (Å²) >= 11 is 0. The number of nitrogens with zero attached hydrogens (tertiary/aromatic N) is 2. The van der Waals surface area contributed by atoms with Gasteiger partial charge >= 0.3 is 0 Å². The van der Waals surface area contributed by atoms with Crippen molar-refractivity contribution >= 4 is 0 Å². The second-order valence-electron chi connectivity index (χ2n) is 3.10. The van der Waals surface area contributed by atoms with Crippen LogP contribution in [0.5, 0.6) is 0 Å². The Bertz CT molecular complexity index is 247. The van der Waals surface area contributed by atoms with E-state index in [4.69, 9.17) is 4.74 Å². The van der Waals surface area contributed by atoms with Gasteiger partial charge in [-0.15, -0.1) is 0 Å². The summed E-state index contributed by atoms with van der Waals surface area (Å²) in [6.45, 7) is 0.712. The minimum Gasteiger partial charge on any atom is -0.383 e. The average Bonchev–Trinajstić information content (AvgIpc) is 2.51. The number of rotatable bonds is 5. The summed E-state index contributed by atoms with van der Waals surface area (Å²) in [7, 11) is 5.65. The average molecular weight is 183 g/mol. The minimum atomic E-state index is 0.339. The molecule has 1 heterocycles. The predicted octanol–water partition coefficient (Wildman–Crippen LogP) is 0.197. The molecular weight excluding hydrogens is 166 g/mol. The number of hydrogen-bond donors (Lipinski definition) is 1. The Morgan fingerprint density at radius 2 is 2.46 bits per heavy atom. The fourth-order valence-corrected chi connectivity index (χ4v) is 1.26. The van der Waals surface area contributed by atoms with E-state index in [1.165, 1.54) is 0 Å². The van der Waals surface area contributed by atoms with Crippen LogP contribution in [-0.4, -0.2) is 36.4 Å². The van der Waals surface area contributed by atoms with Crippen LogP contribution in [0.4, 0.5) is 0 Å². The lowest BCUT2D eigenvalue weighted by Crippen LogP contribution is -2.32. The molecule has 1 unspecified atom stereocenters. The van der Waals surface area contributed by atoms with Gasteiger partial charge in [-0.2, -0.15) is 0 Å². The Balaban J connectivity index is 2.51. The van der Waals surface area contributed by atoms with Gasteiger partial charge < -0.3 is 14.6 Å². The molecule has 4 heteroatoms. The Labute approximate surface area is 78.9 Å². The molecule has 13 heavy (non-hydrogen) atoms. The molecule has 1 aromatic rings. The van der Waals surface area contributed by atoms with Gasteiger partial charge in [0.15, 0.2) is 0 Å². The zero-order chi connectivity index (χ0) is 9.68. The van der Waals surface area contributed by atoms with Gasteiger partial charge in [-0.05, 0) is 7.05 Å². The molecule has 0 spiro atoms. The first-order chi connectivity index (χ1) is 6.27. The summed E-state index contributed by atoms with van der Waals surface area (Å²) in [5.74, 6) is 1.08. The molecule has 0 aromatic carbocycles. The second-order valence-corrected chi connectivity index (χ2v) is 3.10. The van der Waals surface area contributed by atoms with Crippen LogP contribution in [0.3, 0.4) is 0 Å². The Morgan fingerprint density at radius 3 is 2.92 bits per heavy atom. The molecule has 1 aromatic heterocycles. The number of aromatic nitrogens is 2. The van der Waals surface area contributed by atoms with Crippen LogP contribution in [0.2, 0.25) is 0 Å². The van der Waals surface area contributed by atoms with E-state index in [0.29, 0.717) is 12.6 Å². The molecule has 74 valence electrons. The molecule has 1 rings (SSSR count). The molecule has 0 saturated heterocycles. The maximum Gasteiger partial charge on any atom is 0.110 e. The van der Waals surface area contributed by atoms with Crippen LogP contribution in [-0.2, 0) is 18.2 Å². The van der Waals surface area contributed by atoms with Crippen molar-refractivity contribution < 1.29 is 4.74 Å². The fraction of sp³-hybridized carbons (Fsp3) is 0.667. The van der Waals surface area contributed by atoms with Crippen molar-refractivity contribution in [2.24, 2.45) is 7.05 Å². The van der Waals surface area contributed by atoms with Crippen molar-refractivity contribution in [3.05, 3.63) is 18.2 Å². The number of aryl methyl sites for hydroxylation is 1. The second kappa shape index (κ2) is 4.99. The monoisotopic (exact) mass is 183 g/mol. The van der Waals surface area contributed by atoms with Gasteiger partial charge in [-0.1, -0.05) is 0 Å². The summed E-state index contributed by atoms with van der Waals surface area (Å²) in [5.41, 5.74) is 0. The lowest BCUT2D eigenvalue weighted by Gasteiger charge is -2.14. The summed E-state index contributed by atoms with van der Waals surface area (Å²) in [5, 5.41) is 3.19. The summed E-state index contributed by atoms with van der Waals surface area (Å²) in [4.78, 5) is 4.25. The number of likely N-dealkylation sites (N-methyl/N-ethyl adjacent to an activating group) is 1. The Hall–Kier alpha value is -0.870. The molecule has 1 atom stereocenters. The van der Waals surface area contributed by atoms with Crippen molar-refractivity contribution in [3.8, 4) is 0 Å². The van der Waals surface area contributed by atoms with Crippen molar-refractivity contribution in [2.45, 2.75) is 12.5 Å². The summed E-state index contributed by atoms with van der Waals surface area (Å²) < 4.78 is 7.11. The molecule has 0 fully saturated rings. The van der Waals surface area contributed by atoms with Gasteiger partial charge in [-0.25, -0.2) is 4.98 Å². The SMILES string of the molecule is CNC(COC)Cc1nccn1C. The van der Waals surface area contributed by atoms with Crippen molar-refractivity contribution in [3.63, 3.8) is 0 Å². The molecule has 0 bridgehead atoms. The van der Waals surface area contributed by atoms with E-state index in [-0.39, 0.29) is 0 Å². The van der Waals surface area contributed by atoms with E-state index in [9.17, 15) is 0 Å². The number of ether oxygens (including phenoxy) is 1. The largest absolute Gasteiger partial charge is 0.383 e. The molecule has 4 nitrogen and oxygen atoms in total. The molecule has 1 N–H and O–H groups in total. The van der Waals surface area contributed by atoms with Crippen molar-refractivity contribution in [1.82, 2.24) is 14.9 Å². The first-order valence-electron chi connectivity index (χ1n) is 4.40. The first kappa shape index (κ1) is 10.2. The topological polar surface area (TPSA) is 39.1 Å². The van der Waals surface area contributed by atoms with Gasteiger partial charge in [0.2, 0.25) is 0 Å². The van der Waals surface area contributed by atoms with Crippen LogP contribution < -0.4 is 5.32 Å². The number of methoxy groups -OCH3 is 1. The van der Waals surface area contributed by atoms with E-state index in [2.05, 4.69) is 10.3 Å². The maximum atomic E-state index is 5.08. The van der Waals surface area contributed by atoms with Crippen LogP contribution in [0.1, 0.15) is 5.82 Å². The lowest BCUT2D eigenvalue weighted by molar-refractivity contribution is 0.168. The predicted molar refractivity (Wildman–Crippen MR) is 51.6 cm³/mol. The van der Waals surface area contributed by atoms with Gasteiger partial charge in [0.25, 0.3) is 0 Å². The quantitative estimate of drug-likeness (QED) is 0.708. The highest BCUT2D eigenvalue weighted by molar-refractivity contribution is 4.94. The maximum absolute atomic E-state index is 5.08. The Morgan fingerprint density at radius 1 is 1.69 bits per heavy atom. The summed E-state index contributed by atoms with van der Waals surface area (Å²) in [6.07, 6.45) is 4.66. The molecule has 0 aliphatic rings. The molecule has 0 aliphatic heterocycles. The van der Waals surface area contributed by atoms with Crippen LogP contribution in [0, 0.1) is 0 Å². The molecule has 0 radical (unpaired) electrons. The van der Waals surface area contributed by atoms with E-state index in [0.717, 1.165) is 12.2 Å². The minimum absolute atomic E-state index is 0.339. The number of hydrogen-bond acceptors (Lipinski definition) is 3. The zero-order valence-corrected chi connectivity index (χ0v) is 8.45. The van der Waals surface area contributed by atoms with Gasteiger partial charge in [-0.3, -0.25) is 0 Å². The van der Waals surface area contributed by atoms with E-state index < -0.39 is 0 Å². The smallest absolute Gasteiger partial charge is 0.110 e. The zero-order valence-electron chi connectivity index (χ0n) is 8.45. The highest BCUT2D eigenvalue weighted by atomic mass is 16.5. The van der Waals surface area contributed by atoms with Crippen LogP contribution in [0.25, 0.3) is 0 Å². The fourth-order valence-electron chi connectivity index (χ4n) is 1.26. The molecular formula is C9H17N3O. The van der Waals surface area contributed by atoms with E-state index >= 15 is 0 Å². The third kappa shape index (κ3) is 2.82. The van der Waals surface area contributed by atoms with Gasteiger partial charge in [0, 0.05) is 39.0 Å². The van der Waals surface area contributed by atoms with E-state index in [1.807, 2.05) is 31.1 Å². The highest BCUT2D eigenvalue weighted by Crippen LogP contribution is 1.99. The van der Waals surface area contributed by atoms with E-state index in [1.54, 1.807) is 7.11 Å². The molecule has 0 aliphatic carbocycles. The third-order valence-corrected chi connectivity index (χ3v) is 2.13. The first-order valence-corrected chi connectivity index (χ1v) is 4.40. The van der Waals surface area contributed by atoms with Crippen LogP contribution in [0.15, 0.2) is 12.4 Å². The van der Waals surface area contributed by atoms with Crippen molar-refractivity contribution in [2.75, 3.05) is 20.8 Å². The van der Waals surface area contributed by atoms with Gasteiger partial charge in [0.05, 0.1) is 6.61 Å². The van der Waals surface area contributed by atoms with Crippen molar-refractivity contribution in [1.29, 1.82) is 0 Å². The molecule has 0 saturated carbocycles. The Kier molecular flexibility index (Phi) is 3.92. The molecule has 0 amide bonds. The van der Waals surface area contributed by atoms with Gasteiger partial charge in [0.1, 0.15) is 5.82 Å². The summed E-state index contributed by atoms with van der Waals surface area (Å²) in [6, 6.07) is 0.339. The normalized spacial score (nSPS) is 13.2.